The van der Waals surface area contributed by atoms with E-state index in [4.69, 9.17) is 0 Å². The second-order valence-corrected chi connectivity index (χ2v) is 8.54. The lowest BCUT2D eigenvalue weighted by atomic mass is 10.0. The van der Waals surface area contributed by atoms with Crippen LogP contribution >= 0.6 is 0 Å². The molecule has 2 aromatic heterocycles. The van der Waals surface area contributed by atoms with Gasteiger partial charge in [-0.25, -0.2) is 4.68 Å². The molecule has 10 nitrogen and oxygen atoms in total. The number of hydrogen-bond acceptors (Lipinski definition) is 7. The number of amides is 4. The van der Waals surface area contributed by atoms with Crippen LogP contribution in [0.3, 0.4) is 0 Å². The average molecular weight is 466 g/mol. The van der Waals surface area contributed by atoms with Gasteiger partial charge in [0.1, 0.15) is 11.7 Å². The largest absolute Gasteiger partial charge is 0.295 e. The summed E-state index contributed by atoms with van der Waals surface area (Å²) >= 11 is 0. The van der Waals surface area contributed by atoms with E-state index in [1.165, 1.54) is 0 Å². The summed E-state index contributed by atoms with van der Waals surface area (Å²) in [7, 11) is 0. The molecule has 1 N–H and O–H groups in total. The minimum atomic E-state index is -0.999. The zero-order valence-electron chi connectivity index (χ0n) is 18.3. The molecule has 1 fully saturated rings. The van der Waals surface area contributed by atoms with Gasteiger partial charge < -0.3 is 0 Å². The van der Waals surface area contributed by atoms with E-state index in [2.05, 4.69) is 20.6 Å². The Bertz CT molecular complexity index is 1560. The maximum absolute atomic E-state index is 13.1. The zero-order valence-corrected chi connectivity index (χ0v) is 18.3. The Morgan fingerprint density at radius 1 is 0.971 bits per heavy atom. The van der Waals surface area contributed by atoms with Crippen molar-refractivity contribution in [2.45, 2.75) is 25.4 Å². The number of hydrogen-bond donors (Lipinski definition) is 1. The van der Waals surface area contributed by atoms with Gasteiger partial charge in [-0.15, -0.1) is 5.10 Å². The highest BCUT2D eigenvalue weighted by atomic mass is 16.2. The lowest BCUT2D eigenvalue weighted by Gasteiger charge is -2.27. The number of nitrogens with zero attached hydrogens (tertiary/aromatic N) is 5. The monoisotopic (exact) mass is 466 g/mol. The van der Waals surface area contributed by atoms with Gasteiger partial charge in [-0.1, -0.05) is 23.4 Å². The minimum Gasteiger partial charge on any atom is -0.295 e. The summed E-state index contributed by atoms with van der Waals surface area (Å²) in [6.45, 7) is 0.503. The highest BCUT2D eigenvalue weighted by molar-refractivity contribution is 6.23. The predicted molar refractivity (Wildman–Crippen MR) is 123 cm³/mol. The van der Waals surface area contributed by atoms with E-state index in [1.54, 1.807) is 35.3 Å². The first-order valence-electron chi connectivity index (χ1n) is 11.1. The fourth-order valence-electron chi connectivity index (χ4n) is 4.55. The number of aromatic nitrogens is 4. The highest BCUT2D eigenvalue weighted by Crippen LogP contribution is 2.30. The van der Waals surface area contributed by atoms with Crippen molar-refractivity contribution in [2.75, 3.05) is 0 Å². The van der Waals surface area contributed by atoms with E-state index in [0.29, 0.717) is 17.8 Å². The zero-order chi connectivity index (χ0) is 24.1. The molecule has 0 spiro atoms. The summed E-state index contributed by atoms with van der Waals surface area (Å²) in [5.74, 6) is -2.14. The van der Waals surface area contributed by atoms with Gasteiger partial charge >= 0.3 is 0 Å². The first-order chi connectivity index (χ1) is 17.0. The second-order valence-electron chi connectivity index (χ2n) is 8.54. The number of carbonyl (C=O) groups excluding carboxylic acids is 4. The number of pyridine rings is 1. The predicted octanol–water partition coefficient (Wildman–Crippen LogP) is 1.94. The van der Waals surface area contributed by atoms with Gasteiger partial charge in [0.05, 0.1) is 29.4 Å². The molecule has 4 heterocycles. The first kappa shape index (κ1) is 20.8. The Morgan fingerprint density at radius 3 is 2.69 bits per heavy atom. The Labute approximate surface area is 198 Å². The van der Waals surface area contributed by atoms with Crippen molar-refractivity contribution in [2.24, 2.45) is 0 Å². The van der Waals surface area contributed by atoms with Gasteiger partial charge in [-0.05, 0) is 42.3 Å². The molecule has 2 aliphatic rings. The molecule has 2 aliphatic heterocycles. The lowest BCUT2D eigenvalue weighted by Crippen LogP contribution is -2.54. The average Bonchev–Trinajstić information content (AvgIpc) is 3.42. The molecular formula is C25H18N6O4. The smallest absolute Gasteiger partial charge is 0.262 e. The third-order valence-electron chi connectivity index (χ3n) is 6.29. The Kier molecular flexibility index (Phi) is 4.73. The third kappa shape index (κ3) is 3.55. The Balaban J connectivity index is 1.25. The van der Waals surface area contributed by atoms with Crippen molar-refractivity contribution in [1.29, 1.82) is 0 Å². The van der Waals surface area contributed by atoms with Crippen LogP contribution in [0, 0.1) is 0 Å². The van der Waals surface area contributed by atoms with Crippen LogP contribution in [0.25, 0.3) is 22.2 Å². The summed E-state index contributed by atoms with van der Waals surface area (Å²) in [5.41, 5.74) is 3.56. The van der Waals surface area contributed by atoms with Crippen LogP contribution in [0.15, 0.2) is 60.9 Å². The summed E-state index contributed by atoms with van der Waals surface area (Å²) in [5, 5.41) is 11.7. The molecule has 35 heavy (non-hydrogen) atoms. The van der Waals surface area contributed by atoms with Crippen LogP contribution in [0.5, 0.6) is 0 Å². The maximum atomic E-state index is 13.1. The molecule has 10 heteroatoms. The lowest BCUT2D eigenvalue weighted by molar-refractivity contribution is -0.136. The molecule has 1 atom stereocenters. The van der Waals surface area contributed by atoms with Crippen molar-refractivity contribution in [3.63, 3.8) is 0 Å². The quantitative estimate of drug-likeness (QED) is 0.455. The van der Waals surface area contributed by atoms with Crippen molar-refractivity contribution in [3.8, 4) is 11.3 Å². The fourth-order valence-corrected chi connectivity index (χ4v) is 4.55. The summed E-state index contributed by atoms with van der Waals surface area (Å²) in [4.78, 5) is 54.9. The molecular weight excluding hydrogens is 448 g/mol. The van der Waals surface area contributed by atoms with E-state index in [-0.39, 0.29) is 24.0 Å². The van der Waals surface area contributed by atoms with E-state index in [9.17, 15) is 19.2 Å². The van der Waals surface area contributed by atoms with E-state index < -0.39 is 29.7 Å². The minimum absolute atomic E-state index is 0.0753. The molecule has 4 amide bonds. The fraction of sp³-hybridized carbons (Fsp3) is 0.160. The molecule has 172 valence electrons. The molecule has 1 unspecified atom stereocenters. The van der Waals surface area contributed by atoms with Gasteiger partial charge in [0.15, 0.2) is 0 Å². The van der Waals surface area contributed by atoms with E-state index >= 15 is 0 Å². The maximum Gasteiger partial charge on any atom is 0.262 e. The summed E-state index contributed by atoms with van der Waals surface area (Å²) in [6, 6.07) is 13.7. The number of rotatable bonds is 4. The first-order valence-corrected chi connectivity index (χ1v) is 11.1. The molecule has 6 rings (SSSR count). The number of benzene rings is 2. The van der Waals surface area contributed by atoms with Crippen molar-refractivity contribution in [3.05, 3.63) is 77.6 Å². The SMILES string of the molecule is O=C1CCC(N2C(=O)c3ccc(-c4cn(Cc5ccc6ncccc6c5)nn4)cc3C2=O)C(=O)N1. The van der Waals surface area contributed by atoms with Gasteiger partial charge in [0, 0.05) is 23.6 Å². The van der Waals surface area contributed by atoms with Gasteiger partial charge in [0.25, 0.3) is 11.8 Å². The van der Waals surface area contributed by atoms with Crippen LogP contribution in [-0.4, -0.2) is 54.5 Å². The topological polar surface area (TPSA) is 127 Å². The van der Waals surface area contributed by atoms with Crippen LogP contribution in [-0.2, 0) is 16.1 Å². The van der Waals surface area contributed by atoms with Crippen LogP contribution < -0.4 is 5.32 Å². The van der Waals surface area contributed by atoms with Crippen molar-refractivity contribution in [1.82, 2.24) is 30.2 Å². The number of imide groups is 2. The van der Waals surface area contributed by atoms with Crippen molar-refractivity contribution < 1.29 is 19.2 Å². The number of piperidine rings is 1. The second kappa shape index (κ2) is 7.94. The van der Waals surface area contributed by atoms with Gasteiger partial charge in [0.2, 0.25) is 11.8 Å². The number of nitrogens with one attached hydrogen (secondary N) is 1. The van der Waals surface area contributed by atoms with Gasteiger partial charge in [-0.2, -0.15) is 0 Å². The molecule has 0 aliphatic carbocycles. The molecule has 1 saturated heterocycles. The molecule has 0 radical (unpaired) electrons. The van der Waals surface area contributed by atoms with Crippen LogP contribution in [0.2, 0.25) is 0 Å². The Hall–Kier alpha value is -4.73. The molecule has 4 aromatic rings. The Morgan fingerprint density at radius 2 is 1.83 bits per heavy atom. The van der Waals surface area contributed by atoms with Crippen LogP contribution in [0.1, 0.15) is 39.1 Å². The third-order valence-corrected chi connectivity index (χ3v) is 6.29. The molecule has 0 saturated carbocycles. The van der Waals surface area contributed by atoms with E-state index in [0.717, 1.165) is 21.4 Å². The van der Waals surface area contributed by atoms with E-state index in [1.807, 2.05) is 30.3 Å². The van der Waals surface area contributed by atoms with Crippen molar-refractivity contribution >= 4 is 34.5 Å². The van der Waals surface area contributed by atoms with Crippen LogP contribution in [0.4, 0.5) is 0 Å². The molecule has 2 aromatic carbocycles. The van der Waals surface area contributed by atoms with Gasteiger partial charge in [-0.3, -0.25) is 34.4 Å². The highest BCUT2D eigenvalue weighted by Gasteiger charge is 2.44. The number of fused-ring (bicyclic) bond motifs is 2. The number of carbonyl (C=O) groups is 4. The molecule has 0 bridgehead atoms. The normalized spacial score (nSPS) is 17.7. The summed E-state index contributed by atoms with van der Waals surface area (Å²) in [6.07, 6.45) is 3.72. The standard InChI is InChI=1S/C25H18N6O4/c32-22-8-7-21(23(33)27-22)31-24(34)17-5-4-16(11-18(17)25(31)35)20-13-30(29-28-20)12-14-3-6-19-15(10-14)2-1-9-26-19/h1-6,9-11,13,21H,7-8,12H2,(H,27,32,33). The summed E-state index contributed by atoms with van der Waals surface area (Å²) < 4.78 is 1.70.